The molecule has 2 heterocycles. The first-order valence-electron chi connectivity index (χ1n) is 10.0. The highest BCUT2D eigenvalue weighted by atomic mass is 79.9. The summed E-state index contributed by atoms with van der Waals surface area (Å²) in [4.78, 5) is 15.1. The van der Waals surface area contributed by atoms with E-state index in [0.717, 1.165) is 44.9 Å². The fraction of sp³-hybridized carbons (Fsp3) is 0.160. The maximum Gasteiger partial charge on any atom is 0.231 e. The molecule has 2 aliphatic rings. The molecule has 5 rings (SSSR count). The molecular weight excluding hydrogens is 478 g/mol. The molecule has 156 valence electrons. The lowest BCUT2D eigenvalue weighted by Crippen LogP contribution is -2.33. The highest BCUT2D eigenvalue weighted by Gasteiger charge is 2.33. The summed E-state index contributed by atoms with van der Waals surface area (Å²) in [5, 5.41) is 0.776. The molecule has 6 heteroatoms. The Morgan fingerprint density at radius 2 is 1.87 bits per heavy atom. The van der Waals surface area contributed by atoms with Crippen LogP contribution < -0.4 is 9.47 Å². The molecule has 4 nitrogen and oxygen atoms in total. The van der Waals surface area contributed by atoms with Crippen molar-refractivity contribution < 1.29 is 14.3 Å². The predicted molar refractivity (Wildman–Crippen MR) is 125 cm³/mol. The van der Waals surface area contributed by atoms with Crippen molar-refractivity contribution in [3.63, 3.8) is 0 Å². The first kappa shape index (κ1) is 20.3. The van der Waals surface area contributed by atoms with Crippen molar-refractivity contribution in [2.24, 2.45) is 0 Å². The Balaban J connectivity index is 1.36. The standard InChI is InChI=1S/C25H19BrClNO3/c26-18-7-5-16(6-8-18)13-23-24(29)19-9-10-22-20(25(19)31-23)14-28(15-30-22)12-11-17-3-1-2-4-21(17)27/h1-10,13H,11-12,14-15H2/b23-13-. The number of Topliss-reactive ketones (excluding diaryl/α,β-unsaturated/α-hetero) is 1. The summed E-state index contributed by atoms with van der Waals surface area (Å²) in [6.45, 7) is 1.94. The van der Waals surface area contributed by atoms with Gasteiger partial charge in [0, 0.05) is 22.6 Å². The van der Waals surface area contributed by atoms with Crippen LogP contribution in [0.1, 0.15) is 27.0 Å². The van der Waals surface area contributed by atoms with E-state index in [9.17, 15) is 4.79 Å². The summed E-state index contributed by atoms with van der Waals surface area (Å²) in [6, 6.07) is 19.3. The molecule has 0 saturated heterocycles. The van der Waals surface area contributed by atoms with Crippen LogP contribution in [-0.2, 0) is 13.0 Å². The zero-order valence-electron chi connectivity index (χ0n) is 16.6. The Hall–Kier alpha value is -2.60. The van der Waals surface area contributed by atoms with Gasteiger partial charge in [-0.15, -0.1) is 0 Å². The van der Waals surface area contributed by atoms with Gasteiger partial charge in [-0.25, -0.2) is 0 Å². The SMILES string of the molecule is O=C1/C(=C/c2ccc(Br)cc2)Oc2c1ccc1c2CN(CCc2ccccc2Cl)CO1. The van der Waals surface area contributed by atoms with Crippen LogP contribution in [0, 0.1) is 0 Å². The number of ether oxygens (including phenoxy) is 2. The van der Waals surface area contributed by atoms with Crippen molar-refractivity contribution in [1.82, 2.24) is 4.90 Å². The summed E-state index contributed by atoms with van der Waals surface area (Å²) in [5.41, 5.74) is 3.51. The highest BCUT2D eigenvalue weighted by Crippen LogP contribution is 2.42. The van der Waals surface area contributed by atoms with Crippen molar-refractivity contribution in [3.8, 4) is 11.5 Å². The second-order valence-electron chi connectivity index (χ2n) is 7.58. The number of allylic oxidation sites excluding steroid dienone is 1. The second kappa shape index (κ2) is 8.50. The molecule has 3 aromatic carbocycles. The molecule has 0 bridgehead atoms. The Bertz CT molecular complexity index is 1190. The van der Waals surface area contributed by atoms with E-state index < -0.39 is 0 Å². The van der Waals surface area contributed by atoms with E-state index in [1.807, 2.05) is 54.6 Å². The van der Waals surface area contributed by atoms with Crippen molar-refractivity contribution >= 4 is 39.4 Å². The minimum atomic E-state index is -0.103. The first-order chi connectivity index (χ1) is 15.1. The third kappa shape index (κ3) is 4.13. The molecule has 0 unspecified atom stereocenters. The normalized spacial score (nSPS) is 16.6. The summed E-state index contributed by atoms with van der Waals surface area (Å²) in [7, 11) is 0. The minimum Gasteiger partial charge on any atom is -0.478 e. The van der Waals surface area contributed by atoms with Crippen LogP contribution >= 0.6 is 27.5 Å². The smallest absolute Gasteiger partial charge is 0.231 e. The van der Waals surface area contributed by atoms with Crippen LogP contribution in [0.4, 0.5) is 0 Å². The lowest BCUT2D eigenvalue weighted by Gasteiger charge is -2.29. The van der Waals surface area contributed by atoms with Gasteiger partial charge in [-0.1, -0.05) is 57.9 Å². The third-order valence-electron chi connectivity index (χ3n) is 5.51. The number of nitrogens with zero attached hydrogens (tertiary/aromatic N) is 1. The van der Waals surface area contributed by atoms with Gasteiger partial charge in [0.05, 0.1) is 11.1 Å². The summed E-state index contributed by atoms with van der Waals surface area (Å²) < 4.78 is 13.0. The maximum absolute atomic E-state index is 12.9. The molecule has 0 fully saturated rings. The molecule has 0 spiro atoms. The lowest BCUT2D eigenvalue weighted by molar-refractivity contribution is 0.0950. The third-order valence-corrected chi connectivity index (χ3v) is 6.40. The van der Waals surface area contributed by atoms with Gasteiger partial charge >= 0.3 is 0 Å². The number of hydrogen-bond donors (Lipinski definition) is 0. The predicted octanol–water partition coefficient (Wildman–Crippen LogP) is 6.11. The van der Waals surface area contributed by atoms with Gasteiger partial charge in [0.1, 0.15) is 18.2 Å². The van der Waals surface area contributed by atoms with Crippen LogP contribution in [-0.4, -0.2) is 24.0 Å². The van der Waals surface area contributed by atoms with Crippen molar-refractivity contribution in [1.29, 1.82) is 0 Å². The number of benzene rings is 3. The van der Waals surface area contributed by atoms with E-state index in [2.05, 4.69) is 20.8 Å². The first-order valence-corrected chi connectivity index (χ1v) is 11.2. The molecule has 0 N–H and O–H groups in total. The van der Waals surface area contributed by atoms with E-state index in [1.54, 1.807) is 12.1 Å². The van der Waals surface area contributed by atoms with Crippen LogP contribution in [0.5, 0.6) is 11.5 Å². The molecule has 0 atom stereocenters. The van der Waals surface area contributed by atoms with Crippen LogP contribution in [0.3, 0.4) is 0 Å². The molecule has 2 aliphatic heterocycles. The van der Waals surface area contributed by atoms with Gasteiger partial charge in [-0.3, -0.25) is 9.69 Å². The maximum atomic E-state index is 12.9. The number of carbonyl (C=O) groups excluding carboxylic acids is 1. The average molecular weight is 497 g/mol. The average Bonchev–Trinajstić information content (AvgIpc) is 3.10. The molecule has 0 amide bonds. The molecule has 0 aliphatic carbocycles. The van der Waals surface area contributed by atoms with Crippen molar-refractivity contribution in [2.45, 2.75) is 13.0 Å². The van der Waals surface area contributed by atoms with Gasteiger partial charge in [-0.05, 0) is 54.0 Å². The zero-order valence-corrected chi connectivity index (χ0v) is 18.9. The van der Waals surface area contributed by atoms with E-state index in [-0.39, 0.29) is 5.78 Å². The molecule has 31 heavy (non-hydrogen) atoms. The summed E-state index contributed by atoms with van der Waals surface area (Å²) >= 11 is 9.72. The van der Waals surface area contributed by atoms with E-state index in [1.165, 1.54) is 0 Å². The molecule has 3 aromatic rings. The summed E-state index contributed by atoms with van der Waals surface area (Å²) in [6.07, 6.45) is 2.60. The Kier molecular flexibility index (Phi) is 5.57. The summed E-state index contributed by atoms with van der Waals surface area (Å²) in [5.74, 6) is 1.60. The zero-order chi connectivity index (χ0) is 21.4. The van der Waals surface area contributed by atoms with Gasteiger partial charge in [0.25, 0.3) is 0 Å². The van der Waals surface area contributed by atoms with Crippen molar-refractivity contribution in [2.75, 3.05) is 13.3 Å². The van der Waals surface area contributed by atoms with Gasteiger partial charge in [0.2, 0.25) is 5.78 Å². The molecule has 0 aromatic heterocycles. The van der Waals surface area contributed by atoms with Gasteiger partial charge in [-0.2, -0.15) is 0 Å². The number of halogens is 2. The molecule has 0 saturated carbocycles. The van der Waals surface area contributed by atoms with Crippen LogP contribution in [0.25, 0.3) is 6.08 Å². The monoisotopic (exact) mass is 495 g/mol. The number of carbonyl (C=O) groups is 1. The Morgan fingerprint density at radius 1 is 1.06 bits per heavy atom. The topological polar surface area (TPSA) is 38.8 Å². The van der Waals surface area contributed by atoms with Crippen molar-refractivity contribution in [3.05, 3.63) is 98.2 Å². The van der Waals surface area contributed by atoms with Crippen LogP contribution in [0.2, 0.25) is 5.02 Å². The number of fused-ring (bicyclic) bond motifs is 3. The minimum absolute atomic E-state index is 0.103. The Labute approximate surface area is 194 Å². The fourth-order valence-electron chi connectivity index (χ4n) is 3.84. The highest BCUT2D eigenvalue weighted by molar-refractivity contribution is 9.10. The van der Waals surface area contributed by atoms with E-state index >= 15 is 0 Å². The van der Waals surface area contributed by atoms with Gasteiger partial charge in [0.15, 0.2) is 5.76 Å². The number of hydrogen-bond acceptors (Lipinski definition) is 4. The van der Waals surface area contributed by atoms with E-state index in [4.69, 9.17) is 21.1 Å². The number of ketones is 1. The van der Waals surface area contributed by atoms with Gasteiger partial charge < -0.3 is 9.47 Å². The van der Waals surface area contributed by atoms with E-state index in [0.29, 0.717) is 30.3 Å². The molecular formula is C25H19BrClNO3. The molecule has 0 radical (unpaired) electrons. The van der Waals surface area contributed by atoms with Crippen LogP contribution in [0.15, 0.2) is 70.9 Å². The second-order valence-corrected chi connectivity index (χ2v) is 8.90. The Morgan fingerprint density at radius 3 is 2.68 bits per heavy atom. The quantitative estimate of drug-likeness (QED) is 0.408. The number of rotatable bonds is 4. The lowest BCUT2D eigenvalue weighted by atomic mass is 10.0. The largest absolute Gasteiger partial charge is 0.478 e. The fourth-order valence-corrected chi connectivity index (χ4v) is 4.33.